The van der Waals surface area contributed by atoms with Crippen molar-refractivity contribution in [1.29, 1.82) is 0 Å². The topological polar surface area (TPSA) is 37.8 Å². The van der Waals surface area contributed by atoms with Gasteiger partial charge < -0.3 is 5.32 Å². The fourth-order valence-electron chi connectivity index (χ4n) is 1.22. The molecule has 0 aliphatic heterocycles. The van der Waals surface area contributed by atoms with Crippen LogP contribution in [0, 0.1) is 0 Å². The van der Waals surface area contributed by atoms with Crippen LogP contribution in [0.4, 0.5) is 5.69 Å². The van der Waals surface area contributed by atoms with E-state index in [1.807, 2.05) is 30.3 Å². The Morgan fingerprint density at radius 2 is 1.94 bits per heavy atom. The number of nitrogens with one attached hydrogen (secondary N) is 1. The van der Waals surface area contributed by atoms with Gasteiger partial charge in [0.15, 0.2) is 0 Å². The monoisotopic (exact) mass is 341 g/mol. The second kappa shape index (κ2) is 5.41. The minimum Gasteiger partial charge on any atom is -0.378 e. The molecule has 5 heteroatoms. The summed E-state index contributed by atoms with van der Waals surface area (Å²) in [6.07, 6.45) is 1.78. The third kappa shape index (κ3) is 3.28. The van der Waals surface area contributed by atoms with Gasteiger partial charge in [-0.15, -0.1) is 0 Å². The van der Waals surface area contributed by atoms with Gasteiger partial charge in [-0.2, -0.15) is 0 Å². The maximum absolute atomic E-state index is 4.33. The van der Waals surface area contributed by atoms with Crippen LogP contribution in [0.1, 0.15) is 5.69 Å². The molecule has 0 spiro atoms. The van der Waals surface area contributed by atoms with Gasteiger partial charge in [0.1, 0.15) is 9.21 Å². The highest BCUT2D eigenvalue weighted by molar-refractivity contribution is 9.10. The molecule has 0 saturated heterocycles. The third-order valence-corrected chi connectivity index (χ3v) is 2.88. The van der Waals surface area contributed by atoms with E-state index in [1.54, 1.807) is 6.20 Å². The summed E-state index contributed by atoms with van der Waals surface area (Å²) in [5.74, 6) is 0. The summed E-state index contributed by atoms with van der Waals surface area (Å²) in [6, 6.07) is 9.72. The van der Waals surface area contributed by atoms with Crippen LogP contribution in [-0.2, 0) is 6.54 Å². The molecule has 0 atom stereocenters. The number of hydrogen-bond acceptors (Lipinski definition) is 3. The van der Waals surface area contributed by atoms with Gasteiger partial charge in [0.25, 0.3) is 0 Å². The largest absolute Gasteiger partial charge is 0.378 e. The Morgan fingerprint density at radius 1 is 1.06 bits per heavy atom. The lowest BCUT2D eigenvalue weighted by Crippen LogP contribution is -2.01. The molecule has 0 amide bonds. The summed E-state index contributed by atoms with van der Waals surface area (Å²) in [7, 11) is 0. The molecule has 3 nitrogen and oxygen atoms in total. The molecule has 0 radical (unpaired) electrons. The van der Waals surface area contributed by atoms with Crippen LogP contribution < -0.4 is 5.32 Å². The molecule has 0 fully saturated rings. The van der Waals surface area contributed by atoms with Crippen molar-refractivity contribution >= 4 is 37.5 Å². The molecule has 0 bridgehead atoms. The van der Waals surface area contributed by atoms with Crippen LogP contribution >= 0.6 is 31.9 Å². The van der Waals surface area contributed by atoms with Gasteiger partial charge in [0.2, 0.25) is 0 Å². The van der Waals surface area contributed by atoms with Crippen molar-refractivity contribution in [1.82, 2.24) is 9.97 Å². The van der Waals surface area contributed by atoms with Crippen molar-refractivity contribution in [3.63, 3.8) is 0 Å². The standard InChI is InChI=1S/C11H9Br2N3/c12-10-5-4-8(6-15-10)14-7-9-2-1-3-11(13)16-9/h1-6,14H,7H2. The van der Waals surface area contributed by atoms with Crippen LogP contribution in [0.3, 0.4) is 0 Å². The summed E-state index contributed by atoms with van der Waals surface area (Å²) in [4.78, 5) is 8.46. The maximum Gasteiger partial charge on any atom is 0.106 e. The summed E-state index contributed by atoms with van der Waals surface area (Å²) in [6.45, 7) is 0.683. The van der Waals surface area contributed by atoms with Gasteiger partial charge in [0.05, 0.1) is 24.1 Å². The number of nitrogens with zero attached hydrogens (tertiary/aromatic N) is 2. The van der Waals surface area contributed by atoms with Gasteiger partial charge in [-0.05, 0) is 56.1 Å². The van der Waals surface area contributed by atoms with Gasteiger partial charge in [-0.1, -0.05) is 6.07 Å². The maximum atomic E-state index is 4.33. The average Bonchev–Trinajstić information content (AvgIpc) is 2.28. The number of rotatable bonds is 3. The van der Waals surface area contributed by atoms with E-state index in [0.29, 0.717) is 6.54 Å². The molecule has 0 unspecified atom stereocenters. The van der Waals surface area contributed by atoms with Gasteiger partial charge >= 0.3 is 0 Å². The zero-order valence-corrected chi connectivity index (χ0v) is 11.5. The second-order valence-electron chi connectivity index (χ2n) is 3.17. The van der Waals surface area contributed by atoms with E-state index < -0.39 is 0 Å². The molecule has 2 aromatic heterocycles. The molecule has 2 heterocycles. The normalized spacial score (nSPS) is 10.1. The Balaban J connectivity index is 1.99. The Morgan fingerprint density at radius 3 is 2.62 bits per heavy atom. The predicted molar refractivity (Wildman–Crippen MR) is 71.2 cm³/mol. The van der Waals surface area contributed by atoms with Crippen LogP contribution in [-0.4, -0.2) is 9.97 Å². The molecular formula is C11H9Br2N3. The van der Waals surface area contributed by atoms with E-state index >= 15 is 0 Å². The number of aromatic nitrogens is 2. The van der Waals surface area contributed by atoms with Crippen molar-refractivity contribution in [3.05, 3.63) is 51.4 Å². The molecular weight excluding hydrogens is 334 g/mol. The van der Waals surface area contributed by atoms with Crippen molar-refractivity contribution in [2.45, 2.75) is 6.54 Å². The lowest BCUT2D eigenvalue weighted by molar-refractivity contribution is 1.03. The van der Waals surface area contributed by atoms with E-state index in [0.717, 1.165) is 20.6 Å². The van der Waals surface area contributed by atoms with Crippen LogP contribution in [0.15, 0.2) is 45.7 Å². The predicted octanol–water partition coefficient (Wildman–Crippen LogP) is 3.61. The minimum atomic E-state index is 0.683. The van der Waals surface area contributed by atoms with E-state index in [4.69, 9.17) is 0 Å². The number of anilines is 1. The summed E-state index contributed by atoms with van der Waals surface area (Å²) >= 11 is 6.63. The van der Waals surface area contributed by atoms with E-state index in [2.05, 4.69) is 47.1 Å². The van der Waals surface area contributed by atoms with Crippen LogP contribution in [0.5, 0.6) is 0 Å². The molecule has 0 aliphatic carbocycles. The number of halogens is 2. The van der Waals surface area contributed by atoms with Crippen molar-refractivity contribution in [2.24, 2.45) is 0 Å². The first-order valence-electron chi connectivity index (χ1n) is 4.71. The zero-order valence-electron chi connectivity index (χ0n) is 8.32. The molecule has 82 valence electrons. The van der Waals surface area contributed by atoms with Crippen molar-refractivity contribution in [3.8, 4) is 0 Å². The van der Waals surface area contributed by atoms with Gasteiger partial charge in [-0.25, -0.2) is 9.97 Å². The minimum absolute atomic E-state index is 0.683. The highest BCUT2D eigenvalue weighted by Gasteiger charge is 1.96. The first-order chi connectivity index (χ1) is 7.74. The van der Waals surface area contributed by atoms with Crippen molar-refractivity contribution in [2.75, 3.05) is 5.32 Å². The summed E-state index contributed by atoms with van der Waals surface area (Å²) in [5, 5.41) is 3.25. The molecule has 1 N–H and O–H groups in total. The SMILES string of the molecule is Brc1ccc(NCc2cccc(Br)n2)cn1. The fraction of sp³-hybridized carbons (Fsp3) is 0.0909. The van der Waals surface area contributed by atoms with E-state index in [-0.39, 0.29) is 0 Å². The Kier molecular flexibility index (Phi) is 3.90. The van der Waals surface area contributed by atoms with Crippen LogP contribution in [0.2, 0.25) is 0 Å². The third-order valence-electron chi connectivity index (χ3n) is 1.97. The lowest BCUT2D eigenvalue weighted by atomic mass is 10.3. The first-order valence-corrected chi connectivity index (χ1v) is 6.29. The first kappa shape index (κ1) is 11.5. The Bertz CT molecular complexity index is 471. The number of hydrogen-bond donors (Lipinski definition) is 1. The zero-order chi connectivity index (χ0) is 11.4. The molecule has 16 heavy (non-hydrogen) atoms. The quantitative estimate of drug-likeness (QED) is 0.866. The second-order valence-corrected chi connectivity index (χ2v) is 4.80. The lowest BCUT2D eigenvalue weighted by Gasteiger charge is -2.05. The van der Waals surface area contributed by atoms with E-state index in [1.165, 1.54) is 0 Å². The molecule has 0 saturated carbocycles. The summed E-state index contributed by atoms with van der Waals surface area (Å²) in [5.41, 5.74) is 1.96. The molecule has 0 aromatic carbocycles. The highest BCUT2D eigenvalue weighted by Crippen LogP contribution is 2.12. The molecule has 2 rings (SSSR count). The smallest absolute Gasteiger partial charge is 0.106 e. The Hall–Kier alpha value is -0.940. The molecule has 2 aromatic rings. The van der Waals surface area contributed by atoms with E-state index in [9.17, 15) is 0 Å². The highest BCUT2D eigenvalue weighted by atomic mass is 79.9. The van der Waals surface area contributed by atoms with Gasteiger partial charge in [0, 0.05) is 0 Å². The van der Waals surface area contributed by atoms with Crippen molar-refractivity contribution < 1.29 is 0 Å². The Labute approximate surface area is 111 Å². The number of pyridine rings is 2. The fourth-order valence-corrected chi connectivity index (χ4v) is 1.84. The van der Waals surface area contributed by atoms with Gasteiger partial charge in [-0.3, -0.25) is 0 Å². The average molecular weight is 343 g/mol. The van der Waals surface area contributed by atoms with Crippen LogP contribution in [0.25, 0.3) is 0 Å². The summed E-state index contributed by atoms with van der Waals surface area (Å²) < 4.78 is 1.68. The molecule has 0 aliphatic rings.